The van der Waals surface area contributed by atoms with Gasteiger partial charge in [-0.15, -0.1) is 0 Å². The average Bonchev–Trinajstić information content (AvgIpc) is 2.51. The fourth-order valence-electron chi connectivity index (χ4n) is 1.43. The molecule has 1 heterocycles. The third-order valence-corrected chi connectivity index (χ3v) is 2.05. The lowest BCUT2D eigenvalue weighted by molar-refractivity contribution is -0.107. The molecule has 1 aromatic carbocycles. The highest BCUT2D eigenvalue weighted by Crippen LogP contribution is 2.20. The van der Waals surface area contributed by atoms with Gasteiger partial charge in [-0.2, -0.15) is 0 Å². The quantitative estimate of drug-likeness (QED) is 0.699. The van der Waals surface area contributed by atoms with E-state index in [1.807, 2.05) is 0 Å². The van der Waals surface area contributed by atoms with Crippen molar-refractivity contribution in [2.75, 3.05) is 0 Å². The lowest BCUT2D eigenvalue weighted by atomic mass is 10.1. The van der Waals surface area contributed by atoms with Crippen molar-refractivity contribution in [1.82, 2.24) is 4.98 Å². The Morgan fingerprint density at radius 2 is 2.31 bits per heavy atom. The van der Waals surface area contributed by atoms with Crippen molar-refractivity contribution in [2.24, 2.45) is 0 Å². The Morgan fingerprint density at radius 1 is 1.46 bits per heavy atom. The second kappa shape index (κ2) is 3.01. The van der Waals surface area contributed by atoms with Crippen molar-refractivity contribution in [3.8, 4) is 0 Å². The van der Waals surface area contributed by atoms with Crippen molar-refractivity contribution >= 4 is 17.2 Å². The summed E-state index contributed by atoms with van der Waals surface area (Å²) in [5, 5.41) is 0.784. The van der Waals surface area contributed by atoms with Gasteiger partial charge in [0.1, 0.15) is 12.1 Å². The molecule has 1 aromatic heterocycles. The molecule has 0 radical (unpaired) electrons. The molecule has 0 spiro atoms. The van der Waals surface area contributed by atoms with Gasteiger partial charge < -0.3 is 9.78 Å². The molecule has 66 valence electrons. The number of rotatable bonds is 2. The first kappa shape index (κ1) is 7.98. The molecule has 0 amide bonds. The third kappa shape index (κ3) is 1.22. The first-order valence-corrected chi connectivity index (χ1v) is 4.01. The summed E-state index contributed by atoms with van der Waals surface area (Å²) in [4.78, 5) is 13.1. The number of para-hydroxylation sites is 1. The predicted octanol–water partition coefficient (Wildman–Crippen LogP) is 2.05. The van der Waals surface area contributed by atoms with E-state index < -0.39 is 0 Å². The monoisotopic (exact) mass is 177 g/mol. The molecule has 0 fully saturated rings. The zero-order valence-corrected chi connectivity index (χ0v) is 6.88. The Bertz CT molecular complexity index is 447. The Balaban J connectivity index is 2.67. The minimum atomic E-state index is -0.283. The summed E-state index contributed by atoms with van der Waals surface area (Å²) in [6.07, 6.45) is 2.80. The molecule has 0 bridgehead atoms. The first-order chi connectivity index (χ1) is 6.33. The minimum absolute atomic E-state index is 0.283. The van der Waals surface area contributed by atoms with Gasteiger partial charge in [-0.3, -0.25) is 0 Å². The summed E-state index contributed by atoms with van der Waals surface area (Å²) in [6.45, 7) is 0. The van der Waals surface area contributed by atoms with Gasteiger partial charge >= 0.3 is 0 Å². The number of benzene rings is 1. The Labute approximate surface area is 74.4 Å². The van der Waals surface area contributed by atoms with E-state index >= 15 is 0 Å². The summed E-state index contributed by atoms with van der Waals surface area (Å²) >= 11 is 0. The number of aldehydes is 1. The number of halogens is 1. The summed E-state index contributed by atoms with van der Waals surface area (Å²) in [5.74, 6) is -0.283. The van der Waals surface area contributed by atoms with Gasteiger partial charge in [-0.05, 0) is 11.6 Å². The maximum absolute atomic E-state index is 13.1. The zero-order chi connectivity index (χ0) is 9.26. The zero-order valence-electron chi connectivity index (χ0n) is 6.88. The van der Waals surface area contributed by atoms with E-state index in [1.165, 1.54) is 6.07 Å². The van der Waals surface area contributed by atoms with E-state index in [2.05, 4.69) is 4.98 Å². The van der Waals surface area contributed by atoms with E-state index in [1.54, 1.807) is 18.3 Å². The smallest absolute Gasteiger partial charge is 0.147 e. The molecule has 2 aromatic rings. The molecule has 0 atom stereocenters. The molecular formula is C10H8FNO. The Morgan fingerprint density at radius 3 is 3.08 bits per heavy atom. The van der Waals surface area contributed by atoms with Crippen molar-refractivity contribution in [3.63, 3.8) is 0 Å². The van der Waals surface area contributed by atoms with E-state index in [-0.39, 0.29) is 5.82 Å². The topological polar surface area (TPSA) is 32.9 Å². The van der Waals surface area contributed by atoms with Crippen LogP contribution in [-0.4, -0.2) is 11.3 Å². The van der Waals surface area contributed by atoms with Crippen LogP contribution >= 0.6 is 0 Å². The normalized spacial score (nSPS) is 10.5. The number of hydrogen-bond donors (Lipinski definition) is 1. The summed E-state index contributed by atoms with van der Waals surface area (Å²) in [7, 11) is 0. The number of H-pyrrole nitrogens is 1. The summed E-state index contributed by atoms with van der Waals surface area (Å²) < 4.78 is 13.1. The number of aromatic amines is 1. The molecule has 2 rings (SSSR count). The van der Waals surface area contributed by atoms with Crippen LogP contribution < -0.4 is 0 Å². The van der Waals surface area contributed by atoms with Crippen LogP contribution in [0, 0.1) is 5.82 Å². The predicted molar refractivity (Wildman–Crippen MR) is 48.0 cm³/mol. The number of hydrogen-bond acceptors (Lipinski definition) is 1. The Kier molecular flexibility index (Phi) is 1.85. The van der Waals surface area contributed by atoms with Crippen LogP contribution in [-0.2, 0) is 11.2 Å². The molecule has 0 aliphatic carbocycles. The average molecular weight is 177 g/mol. The van der Waals surface area contributed by atoms with E-state index in [0.29, 0.717) is 11.9 Å². The van der Waals surface area contributed by atoms with Crippen LogP contribution in [0.1, 0.15) is 5.56 Å². The lowest BCUT2D eigenvalue weighted by Crippen LogP contribution is -1.82. The molecule has 0 aliphatic rings. The standard InChI is InChI=1S/C10H8FNO/c11-9-3-1-2-8-7(4-5-13)6-12-10(8)9/h1-3,5-6,12H,4H2. The van der Waals surface area contributed by atoms with Gasteiger partial charge in [0.2, 0.25) is 0 Å². The van der Waals surface area contributed by atoms with Crippen LogP contribution in [0.15, 0.2) is 24.4 Å². The van der Waals surface area contributed by atoms with Crippen LogP contribution in [0.2, 0.25) is 0 Å². The molecule has 0 aliphatic heterocycles. The number of carbonyl (C=O) groups excluding carboxylic acids is 1. The van der Waals surface area contributed by atoms with E-state index in [9.17, 15) is 9.18 Å². The maximum Gasteiger partial charge on any atom is 0.147 e. The summed E-state index contributed by atoms with van der Waals surface area (Å²) in [5.41, 5.74) is 1.31. The number of carbonyl (C=O) groups is 1. The summed E-state index contributed by atoms with van der Waals surface area (Å²) in [6, 6.07) is 4.83. The molecular weight excluding hydrogens is 169 g/mol. The fourth-order valence-corrected chi connectivity index (χ4v) is 1.43. The van der Waals surface area contributed by atoms with Gasteiger partial charge in [-0.25, -0.2) is 4.39 Å². The second-order valence-electron chi connectivity index (χ2n) is 2.85. The van der Waals surface area contributed by atoms with Crippen LogP contribution in [0.4, 0.5) is 4.39 Å². The highest BCUT2D eigenvalue weighted by molar-refractivity contribution is 5.85. The van der Waals surface area contributed by atoms with Crippen molar-refractivity contribution in [2.45, 2.75) is 6.42 Å². The SMILES string of the molecule is O=CCc1c[nH]c2c(F)cccc12. The Hall–Kier alpha value is -1.64. The minimum Gasteiger partial charge on any atom is -0.359 e. The van der Waals surface area contributed by atoms with Gasteiger partial charge in [0.05, 0.1) is 5.52 Å². The van der Waals surface area contributed by atoms with Gasteiger partial charge in [0.25, 0.3) is 0 Å². The van der Waals surface area contributed by atoms with Crippen molar-refractivity contribution in [1.29, 1.82) is 0 Å². The molecule has 13 heavy (non-hydrogen) atoms. The first-order valence-electron chi connectivity index (χ1n) is 4.01. The fraction of sp³-hybridized carbons (Fsp3) is 0.100. The van der Waals surface area contributed by atoms with Gasteiger partial charge in [0, 0.05) is 18.0 Å². The molecule has 3 heteroatoms. The van der Waals surface area contributed by atoms with E-state index in [0.717, 1.165) is 17.2 Å². The lowest BCUT2D eigenvalue weighted by Gasteiger charge is -1.93. The molecule has 1 N–H and O–H groups in total. The number of aromatic nitrogens is 1. The highest BCUT2D eigenvalue weighted by Gasteiger charge is 2.05. The molecule has 0 unspecified atom stereocenters. The highest BCUT2D eigenvalue weighted by atomic mass is 19.1. The maximum atomic E-state index is 13.1. The van der Waals surface area contributed by atoms with Gasteiger partial charge in [-0.1, -0.05) is 12.1 Å². The largest absolute Gasteiger partial charge is 0.359 e. The van der Waals surface area contributed by atoms with Crippen LogP contribution in [0.3, 0.4) is 0 Å². The molecule has 0 saturated carbocycles. The van der Waals surface area contributed by atoms with Crippen LogP contribution in [0.25, 0.3) is 10.9 Å². The number of nitrogens with one attached hydrogen (secondary N) is 1. The van der Waals surface area contributed by atoms with Crippen LogP contribution in [0.5, 0.6) is 0 Å². The molecule has 2 nitrogen and oxygen atoms in total. The third-order valence-electron chi connectivity index (χ3n) is 2.05. The number of fused-ring (bicyclic) bond motifs is 1. The van der Waals surface area contributed by atoms with Gasteiger partial charge in [0.15, 0.2) is 0 Å². The second-order valence-corrected chi connectivity index (χ2v) is 2.85. The molecule has 0 saturated heterocycles. The van der Waals surface area contributed by atoms with Crippen molar-refractivity contribution in [3.05, 3.63) is 35.8 Å². The van der Waals surface area contributed by atoms with E-state index in [4.69, 9.17) is 0 Å². The van der Waals surface area contributed by atoms with Crippen molar-refractivity contribution < 1.29 is 9.18 Å².